The molecule has 0 unspecified atom stereocenters. The van der Waals surface area contributed by atoms with Gasteiger partial charge in [-0.15, -0.1) is 29.0 Å². The maximum absolute atomic E-state index is 6.11. The number of furan rings is 1. The monoisotopic (exact) mass is 435 g/mol. The second-order valence-corrected chi connectivity index (χ2v) is 7.34. The van der Waals surface area contributed by atoms with Gasteiger partial charge in [-0.25, -0.2) is 0 Å². The zero-order valence-corrected chi connectivity index (χ0v) is 17.8. The number of benzene rings is 2. The second-order valence-electron chi connectivity index (χ2n) is 6.91. The third-order valence-electron chi connectivity index (χ3n) is 5.24. The van der Waals surface area contributed by atoms with E-state index in [1.807, 2.05) is 25.1 Å². The summed E-state index contributed by atoms with van der Waals surface area (Å²) in [5.74, 6) is 1.89. The summed E-state index contributed by atoms with van der Waals surface area (Å²) in [7, 11) is 0. The van der Waals surface area contributed by atoms with Crippen LogP contribution in [0.2, 0.25) is 5.02 Å². The van der Waals surface area contributed by atoms with Crippen molar-refractivity contribution in [3.63, 3.8) is 0 Å². The van der Waals surface area contributed by atoms with Crippen LogP contribution in [0, 0.1) is 6.92 Å². The molecule has 0 spiro atoms. The van der Waals surface area contributed by atoms with E-state index in [-0.39, 0.29) is 26.2 Å². The van der Waals surface area contributed by atoms with Crippen LogP contribution in [0.15, 0.2) is 59.0 Å². The van der Waals surface area contributed by atoms with E-state index < -0.39 is 0 Å². The minimum absolute atomic E-state index is 0. The molecular weight excluding hydrogens is 419 g/mol. The molecule has 0 bridgehead atoms. The van der Waals surface area contributed by atoms with Crippen LogP contribution in [0.5, 0.6) is 0 Å². The Labute approximate surface area is 177 Å². The predicted molar refractivity (Wildman–Crippen MR) is 104 cm³/mol. The summed E-state index contributed by atoms with van der Waals surface area (Å²) in [5.41, 5.74) is 6.77. The Hall–Kier alpha value is -1.50. The molecule has 0 N–H and O–H groups in total. The maximum Gasteiger partial charge on any atom is 0.0896 e. The van der Waals surface area contributed by atoms with E-state index in [4.69, 9.17) is 16.0 Å². The molecule has 3 aromatic carbocycles. The zero-order valence-electron chi connectivity index (χ0n) is 14.6. The van der Waals surface area contributed by atoms with Gasteiger partial charge in [0, 0.05) is 31.2 Å². The van der Waals surface area contributed by atoms with E-state index in [2.05, 4.69) is 36.4 Å². The van der Waals surface area contributed by atoms with Gasteiger partial charge >= 0.3 is 0 Å². The standard InChI is InChI=1S/C23H18ClO.Zr/c1-14-5-10-22(25-14)18-12-17-11-16-3-2-4-20(16)23(21(17)13-18)15-6-8-19(24)9-7-15;/h5-13H,2-4H2,1H3;/q-1;. The van der Waals surface area contributed by atoms with Crippen molar-refractivity contribution in [2.45, 2.75) is 26.2 Å². The molecule has 1 aliphatic carbocycles. The Balaban J connectivity index is 0.00000168. The van der Waals surface area contributed by atoms with Crippen LogP contribution in [0.1, 0.15) is 23.3 Å². The maximum atomic E-state index is 6.11. The Morgan fingerprint density at radius 1 is 1.00 bits per heavy atom. The van der Waals surface area contributed by atoms with Gasteiger partial charge in [0.05, 0.1) is 11.5 Å². The zero-order chi connectivity index (χ0) is 17.0. The molecule has 1 aromatic heterocycles. The predicted octanol–water partition coefficient (Wildman–Crippen LogP) is 6.93. The fraction of sp³-hybridized carbons (Fsp3) is 0.174. The number of hydrogen-bond acceptors (Lipinski definition) is 1. The first-order valence-electron chi connectivity index (χ1n) is 8.77. The summed E-state index contributed by atoms with van der Waals surface area (Å²) in [6.45, 7) is 1.99. The Morgan fingerprint density at radius 2 is 1.81 bits per heavy atom. The summed E-state index contributed by atoms with van der Waals surface area (Å²) in [5, 5.41) is 3.39. The molecule has 1 aliphatic rings. The van der Waals surface area contributed by atoms with E-state index in [1.165, 1.54) is 45.9 Å². The molecule has 0 amide bonds. The van der Waals surface area contributed by atoms with Gasteiger partial charge in [0.25, 0.3) is 0 Å². The van der Waals surface area contributed by atoms with Crippen molar-refractivity contribution in [1.29, 1.82) is 0 Å². The molecule has 0 saturated carbocycles. The first-order chi connectivity index (χ1) is 12.2. The fourth-order valence-corrected chi connectivity index (χ4v) is 4.23. The normalized spacial score (nSPS) is 13.0. The van der Waals surface area contributed by atoms with Crippen LogP contribution >= 0.6 is 11.6 Å². The summed E-state index contributed by atoms with van der Waals surface area (Å²) in [4.78, 5) is 0. The topological polar surface area (TPSA) is 13.1 Å². The van der Waals surface area contributed by atoms with Gasteiger partial charge < -0.3 is 4.42 Å². The van der Waals surface area contributed by atoms with Crippen LogP contribution in [0.25, 0.3) is 33.2 Å². The fourth-order valence-electron chi connectivity index (χ4n) is 4.10. The Morgan fingerprint density at radius 3 is 2.54 bits per heavy atom. The van der Waals surface area contributed by atoms with E-state index in [9.17, 15) is 0 Å². The summed E-state index contributed by atoms with van der Waals surface area (Å²) in [6, 6.07) is 19.2. The summed E-state index contributed by atoms with van der Waals surface area (Å²) in [6.07, 6.45) is 3.57. The third-order valence-corrected chi connectivity index (χ3v) is 5.49. The van der Waals surface area contributed by atoms with Gasteiger partial charge in [-0.05, 0) is 61.6 Å². The van der Waals surface area contributed by atoms with Crippen molar-refractivity contribution in [2.75, 3.05) is 0 Å². The van der Waals surface area contributed by atoms with Crippen molar-refractivity contribution in [2.24, 2.45) is 0 Å². The van der Waals surface area contributed by atoms with Crippen molar-refractivity contribution < 1.29 is 30.6 Å². The van der Waals surface area contributed by atoms with Gasteiger partial charge in [0.2, 0.25) is 0 Å². The minimum Gasteiger partial charge on any atom is -0.496 e. The Bertz CT molecular complexity index is 1090. The molecule has 4 aromatic rings. The molecule has 26 heavy (non-hydrogen) atoms. The van der Waals surface area contributed by atoms with Crippen molar-refractivity contribution in [3.8, 4) is 22.5 Å². The van der Waals surface area contributed by atoms with Gasteiger partial charge in [-0.3, -0.25) is 0 Å². The van der Waals surface area contributed by atoms with E-state index in [0.717, 1.165) is 28.5 Å². The number of fused-ring (bicyclic) bond motifs is 2. The molecule has 0 saturated heterocycles. The molecule has 128 valence electrons. The van der Waals surface area contributed by atoms with Crippen LogP contribution in [0.4, 0.5) is 0 Å². The average Bonchev–Trinajstić information content (AvgIpc) is 3.32. The summed E-state index contributed by atoms with van der Waals surface area (Å²) < 4.78 is 5.84. The second kappa shape index (κ2) is 6.91. The smallest absolute Gasteiger partial charge is 0.0896 e. The van der Waals surface area contributed by atoms with E-state index in [0.29, 0.717) is 0 Å². The third kappa shape index (κ3) is 2.94. The van der Waals surface area contributed by atoms with Crippen LogP contribution in [0.3, 0.4) is 0 Å². The summed E-state index contributed by atoms with van der Waals surface area (Å²) >= 11 is 6.11. The van der Waals surface area contributed by atoms with Crippen LogP contribution in [-0.2, 0) is 39.0 Å². The first kappa shape index (κ1) is 17.9. The van der Waals surface area contributed by atoms with E-state index >= 15 is 0 Å². The molecule has 0 fully saturated rings. The number of aryl methyl sites for hydroxylation is 2. The first-order valence-corrected chi connectivity index (χ1v) is 9.15. The van der Waals surface area contributed by atoms with Gasteiger partial charge in [-0.2, -0.15) is 0 Å². The largest absolute Gasteiger partial charge is 0.496 e. The van der Waals surface area contributed by atoms with Gasteiger partial charge in [0.15, 0.2) is 0 Å². The molecule has 5 rings (SSSR count). The molecule has 1 nitrogen and oxygen atoms in total. The molecule has 0 radical (unpaired) electrons. The molecule has 0 atom stereocenters. The SMILES string of the molecule is Cc1ccc(-c2cc3c(-c4ccc(Cl)cc4)c4c(cc3[cH-]2)CCC4)o1.[Zr]. The van der Waals surface area contributed by atoms with E-state index in [1.54, 1.807) is 0 Å². The van der Waals surface area contributed by atoms with Gasteiger partial charge in [0.1, 0.15) is 0 Å². The molecule has 1 heterocycles. The van der Waals surface area contributed by atoms with Gasteiger partial charge in [-0.1, -0.05) is 40.4 Å². The molecule has 3 heteroatoms. The number of rotatable bonds is 2. The van der Waals surface area contributed by atoms with Crippen molar-refractivity contribution in [1.82, 2.24) is 0 Å². The number of hydrogen-bond donors (Lipinski definition) is 0. The van der Waals surface area contributed by atoms with Crippen molar-refractivity contribution >= 4 is 22.4 Å². The molecule has 0 aliphatic heterocycles. The van der Waals surface area contributed by atoms with Crippen molar-refractivity contribution in [3.05, 3.63) is 76.5 Å². The van der Waals surface area contributed by atoms with Crippen LogP contribution in [-0.4, -0.2) is 0 Å². The van der Waals surface area contributed by atoms with Crippen LogP contribution < -0.4 is 0 Å². The minimum atomic E-state index is 0. The Kier molecular flexibility index (Phi) is 4.76. The average molecular weight is 437 g/mol. The number of halogens is 1. The quantitative estimate of drug-likeness (QED) is 0.310. The molecular formula is C23H18ClOZr-.